The fraction of sp³-hybridized carbons (Fsp3) is 0.444. The molecule has 1 amide bonds. The van der Waals surface area contributed by atoms with Gasteiger partial charge in [-0.15, -0.1) is 0 Å². The zero-order chi connectivity index (χ0) is 12.8. The van der Waals surface area contributed by atoms with Gasteiger partial charge in [-0.25, -0.2) is 9.97 Å². The van der Waals surface area contributed by atoms with E-state index < -0.39 is 12.1 Å². The monoisotopic (exact) mass is 265 g/mol. The van der Waals surface area contributed by atoms with Crippen LogP contribution in [0.4, 0.5) is 13.2 Å². The summed E-state index contributed by atoms with van der Waals surface area (Å²) in [4.78, 5) is 19.5. The van der Waals surface area contributed by atoms with Crippen molar-refractivity contribution in [3.8, 4) is 0 Å². The molecule has 0 N–H and O–H groups in total. The van der Waals surface area contributed by atoms with Crippen LogP contribution in [0.1, 0.15) is 17.1 Å². The number of alkyl halides is 3. The molecule has 1 aromatic heterocycles. The van der Waals surface area contributed by atoms with Crippen LogP contribution in [0.5, 0.6) is 0 Å². The molecule has 0 unspecified atom stereocenters. The van der Waals surface area contributed by atoms with E-state index in [9.17, 15) is 18.0 Å². The highest BCUT2D eigenvalue weighted by Crippen LogP contribution is 2.30. The molecular weight excluding hydrogens is 259 g/mol. The van der Waals surface area contributed by atoms with Crippen molar-refractivity contribution < 1.29 is 18.0 Å². The summed E-state index contributed by atoms with van der Waals surface area (Å²) >= 11 is 5.79. The third-order valence-electron chi connectivity index (χ3n) is 2.37. The van der Waals surface area contributed by atoms with Crippen molar-refractivity contribution in [1.29, 1.82) is 0 Å². The fourth-order valence-electron chi connectivity index (χ4n) is 1.65. The molecule has 0 spiro atoms. The second kappa shape index (κ2) is 3.83. The molecule has 2 rings (SSSR count). The van der Waals surface area contributed by atoms with Crippen molar-refractivity contribution in [1.82, 2.24) is 14.9 Å². The second-order valence-electron chi connectivity index (χ2n) is 3.65. The lowest BCUT2D eigenvalue weighted by Crippen LogP contribution is -2.37. The van der Waals surface area contributed by atoms with Crippen molar-refractivity contribution in [2.75, 3.05) is 0 Å². The van der Waals surface area contributed by atoms with Crippen LogP contribution in [0.25, 0.3) is 0 Å². The molecule has 17 heavy (non-hydrogen) atoms. The summed E-state index contributed by atoms with van der Waals surface area (Å²) in [6.07, 6.45) is -4.88. The summed E-state index contributed by atoms with van der Waals surface area (Å²) in [5, 5.41) is 0.102. The number of rotatable bonds is 0. The molecule has 1 aromatic rings. The van der Waals surface area contributed by atoms with Crippen molar-refractivity contribution >= 4 is 17.5 Å². The summed E-state index contributed by atoms with van der Waals surface area (Å²) in [6.45, 7) is 1.20. The molecule has 0 aromatic carbocycles. The summed E-state index contributed by atoms with van der Waals surface area (Å²) in [5.41, 5.74) is 0.759. The van der Waals surface area contributed by atoms with Gasteiger partial charge < -0.3 is 4.90 Å². The zero-order valence-electron chi connectivity index (χ0n) is 8.68. The minimum absolute atomic E-state index is 0.102. The molecule has 0 bridgehead atoms. The highest BCUT2D eigenvalue weighted by atomic mass is 35.5. The number of carbonyl (C=O) groups is 1. The summed E-state index contributed by atoms with van der Waals surface area (Å²) in [5.74, 6) is -1.51. The molecule has 1 aliphatic rings. The van der Waals surface area contributed by atoms with E-state index in [1.165, 1.54) is 0 Å². The van der Waals surface area contributed by atoms with Gasteiger partial charge >= 0.3 is 12.1 Å². The SMILES string of the molecule is Cc1nc(Cl)c2c(n1)CN(C(=O)C(F)(F)F)C2. The number of fused-ring (bicyclic) bond motifs is 1. The van der Waals surface area contributed by atoms with Crippen molar-refractivity contribution in [3.05, 3.63) is 22.2 Å². The number of hydrogen-bond acceptors (Lipinski definition) is 3. The molecule has 2 heterocycles. The van der Waals surface area contributed by atoms with E-state index in [2.05, 4.69) is 9.97 Å². The van der Waals surface area contributed by atoms with Crippen molar-refractivity contribution in [3.63, 3.8) is 0 Å². The van der Waals surface area contributed by atoms with Gasteiger partial charge in [0.05, 0.1) is 18.8 Å². The van der Waals surface area contributed by atoms with Gasteiger partial charge in [0.1, 0.15) is 11.0 Å². The van der Waals surface area contributed by atoms with Crippen molar-refractivity contribution in [2.24, 2.45) is 0 Å². The zero-order valence-corrected chi connectivity index (χ0v) is 9.43. The normalized spacial score (nSPS) is 15.0. The summed E-state index contributed by atoms with van der Waals surface area (Å²) in [7, 11) is 0. The van der Waals surface area contributed by atoms with Gasteiger partial charge in [0, 0.05) is 5.56 Å². The van der Waals surface area contributed by atoms with Gasteiger partial charge in [0.2, 0.25) is 0 Å². The maximum Gasteiger partial charge on any atom is 0.471 e. The second-order valence-corrected chi connectivity index (χ2v) is 4.00. The molecule has 0 saturated heterocycles. The van der Waals surface area contributed by atoms with Crippen LogP contribution in [0, 0.1) is 6.92 Å². The average molecular weight is 266 g/mol. The Kier molecular flexibility index (Phi) is 2.73. The van der Waals surface area contributed by atoms with E-state index >= 15 is 0 Å². The molecule has 1 aliphatic heterocycles. The minimum atomic E-state index is -4.88. The van der Waals surface area contributed by atoms with E-state index in [-0.39, 0.29) is 18.2 Å². The standard InChI is InChI=1S/C9H7ClF3N3O/c1-4-14-6-3-16(8(17)9(11,12)13)2-5(6)7(10)15-4/h2-3H2,1H3. The number of aromatic nitrogens is 2. The number of halogens is 4. The fourth-order valence-corrected chi connectivity index (χ4v) is 1.95. The highest BCUT2D eigenvalue weighted by molar-refractivity contribution is 6.30. The summed E-state index contributed by atoms with van der Waals surface area (Å²) in [6, 6.07) is 0. The van der Waals surface area contributed by atoms with Crippen LogP contribution in [0.3, 0.4) is 0 Å². The van der Waals surface area contributed by atoms with Crippen LogP contribution < -0.4 is 0 Å². The smallest absolute Gasteiger partial charge is 0.324 e. The first-order chi connectivity index (χ1) is 7.79. The predicted molar refractivity (Wildman–Crippen MR) is 52.1 cm³/mol. The molecule has 0 fully saturated rings. The van der Waals surface area contributed by atoms with Crippen LogP contribution in [-0.2, 0) is 17.9 Å². The Morgan fingerprint density at radius 2 is 2.00 bits per heavy atom. The Morgan fingerprint density at radius 3 is 2.59 bits per heavy atom. The largest absolute Gasteiger partial charge is 0.471 e. The van der Waals surface area contributed by atoms with E-state index in [4.69, 9.17) is 11.6 Å². The van der Waals surface area contributed by atoms with Gasteiger partial charge in [-0.05, 0) is 6.92 Å². The van der Waals surface area contributed by atoms with Gasteiger partial charge in [0.25, 0.3) is 0 Å². The third-order valence-corrected chi connectivity index (χ3v) is 2.69. The van der Waals surface area contributed by atoms with Crippen LogP contribution in [-0.4, -0.2) is 27.0 Å². The third kappa shape index (κ3) is 2.19. The Bertz CT molecular complexity index is 489. The maximum atomic E-state index is 12.2. The van der Waals surface area contributed by atoms with Gasteiger partial charge in [-0.2, -0.15) is 13.2 Å². The van der Waals surface area contributed by atoms with Crippen LogP contribution >= 0.6 is 11.6 Å². The lowest BCUT2D eigenvalue weighted by atomic mass is 10.3. The van der Waals surface area contributed by atoms with Crippen molar-refractivity contribution in [2.45, 2.75) is 26.2 Å². The molecule has 8 heteroatoms. The van der Waals surface area contributed by atoms with E-state index in [1.54, 1.807) is 6.92 Å². The topological polar surface area (TPSA) is 46.1 Å². The average Bonchev–Trinajstić information content (AvgIpc) is 2.58. The molecule has 4 nitrogen and oxygen atoms in total. The Labute approximate surface area is 99.4 Å². The number of nitrogens with zero attached hydrogens (tertiary/aromatic N) is 3. The molecule has 92 valence electrons. The van der Waals surface area contributed by atoms with E-state index in [0.29, 0.717) is 22.0 Å². The predicted octanol–water partition coefficient (Wildman–Crippen LogP) is 1.84. The molecule has 0 radical (unpaired) electrons. The number of aryl methyl sites for hydroxylation is 1. The Balaban J connectivity index is 2.28. The lowest BCUT2D eigenvalue weighted by molar-refractivity contribution is -0.186. The Hall–Kier alpha value is -1.37. The number of amides is 1. The van der Waals surface area contributed by atoms with Crippen LogP contribution in [0.15, 0.2) is 0 Å². The lowest BCUT2D eigenvalue weighted by Gasteiger charge is -2.16. The number of hydrogen-bond donors (Lipinski definition) is 0. The quantitative estimate of drug-likeness (QED) is 0.673. The maximum absolute atomic E-state index is 12.2. The molecule has 0 aliphatic carbocycles. The van der Waals surface area contributed by atoms with Gasteiger partial charge in [-0.3, -0.25) is 4.79 Å². The van der Waals surface area contributed by atoms with E-state index in [1.807, 2.05) is 0 Å². The van der Waals surface area contributed by atoms with Crippen LogP contribution in [0.2, 0.25) is 5.15 Å². The molecule has 0 saturated carbocycles. The first-order valence-electron chi connectivity index (χ1n) is 4.67. The molecular formula is C9H7ClF3N3O. The number of carbonyl (C=O) groups excluding carboxylic acids is 1. The highest BCUT2D eigenvalue weighted by Gasteiger charge is 2.44. The van der Waals surface area contributed by atoms with E-state index in [0.717, 1.165) is 0 Å². The van der Waals surface area contributed by atoms with Gasteiger partial charge in [0.15, 0.2) is 0 Å². The first-order valence-corrected chi connectivity index (χ1v) is 5.05. The Morgan fingerprint density at radius 1 is 1.35 bits per heavy atom. The van der Waals surface area contributed by atoms with Gasteiger partial charge in [-0.1, -0.05) is 11.6 Å². The first kappa shape index (κ1) is 12.1. The summed E-state index contributed by atoms with van der Waals surface area (Å²) < 4.78 is 36.7. The minimum Gasteiger partial charge on any atom is -0.324 e. The molecule has 0 atom stereocenters.